The number of halogens is 15. The molecule has 180 valence electrons. The molecule has 0 nitrogen and oxygen atoms in total. The second-order valence-electron chi connectivity index (χ2n) is 7.14. The van der Waals surface area contributed by atoms with Crippen molar-refractivity contribution in [3.05, 3.63) is 0 Å². The van der Waals surface area contributed by atoms with Crippen molar-refractivity contribution in [2.45, 2.75) is 57.1 Å². The van der Waals surface area contributed by atoms with Gasteiger partial charge in [-0.2, -0.15) is 65.9 Å². The third kappa shape index (κ3) is 5.60. The van der Waals surface area contributed by atoms with Crippen molar-refractivity contribution >= 4 is 0 Å². The van der Waals surface area contributed by atoms with Gasteiger partial charge in [-0.25, -0.2) is 0 Å². The van der Waals surface area contributed by atoms with E-state index in [1.54, 1.807) is 0 Å². The maximum absolute atomic E-state index is 13.4. The highest BCUT2D eigenvalue weighted by Crippen LogP contribution is 2.66. The van der Waals surface area contributed by atoms with Crippen molar-refractivity contribution in [1.29, 1.82) is 0 Å². The molecular formula is C15H15F15. The van der Waals surface area contributed by atoms with Crippen LogP contribution in [-0.2, 0) is 0 Å². The predicted molar refractivity (Wildman–Crippen MR) is 70.7 cm³/mol. The lowest BCUT2D eigenvalue weighted by Gasteiger charge is -2.53. The Hall–Kier alpha value is -1.05. The van der Waals surface area contributed by atoms with E-state index in [-0.39, 0.29) is 6.42 Å². The van der Waals surface area contributed by atoms with Gasteiger partial charge in [0.1, 0.15) is 0 Å². The molecule has 0 aromatic carbocycles. The molecule has 0 bridgehead atoms. The van der Waals surface area contributed by atoms with Crippen molar-refractivity contribution in [2.75, 3.05) is 0 Å². The Morgan fingerprint density at radius 2 is 0.667 bits per heavy atom. The smallest absolute Gasteiger partial charge is 0.171 e. The van der Waals surface area contributed by atoms with E-state index < -0.39 is 79.2 Å². The van der Waals surface area contributed by atoms with Crippen LogP contribution in [0, 0.1) is 35.5 Å². The minimum absolute atomic E-state index is 0.207. The lowest BCUT2D eigenvalue weighted by Crippen LogP contribution is -2.64. The summed E-state index contributed by atoms with van der Waals surface area (Å²) < 4.78 is 200. The zero-order valence-electron chi connectivity index (χ0n) is 14.8. The lowest BCUT2D eigenvalue weighted by atomic mass is 9.54. The number of unbranched alkanes of at least 4 members (excludes halogenated alkanes) is 1. The molecule has 1 aliphatic rings. The van der Waals surface area contributed by atoms with Gasteiger partial charge in [0.2, 0.25) is 0 Å². The predicted octanol–water partition coefficient (Wildman–Crippen LogP) is 7.70. The van der Waals surface area contributed by atoms with Crippen LogP contribution in [0.3, 0.4) is 0 Å². The van der Waals surface area contributed by atoms with Gasteiger partial charge in [0, 0.05) is 0 Å². The van der Waals surface area contributed by atoms with Gasteiger partial charge in [-0.1, -0.05) is 19.8 Å². The molecule has 1 saturated carbocycles. The largest absolute Gasteiger partial charge is 0.393 e. The molecule has 1 fully saturated rings. The molecule has 0 aromatic heterocycles. The number of rotatable bonds is 3. The Balaban J connectivity index is 4.00. The van der Waals surface area contributed by atoms with Gasteiger partial charge < -0.3 is 0 Å². The second-order valence-corrected chi connectivity index (χ2v) is 7.14. The summed E-state index contributed by atoms with van der Waals surface area (Å²) in [6.07, 6.45) is -34.4. The van der Waals surface area contributed by atoms with Gasteiger partial charge in [0.05, 0.1) is 29.6 Å². The molecule has 30 heavy (non-hydrogen) atoms. The third-order valence-electron chi connectivity index (χ3n) is 5.25. The lowest BCUT2D eigenvalue weighted by molar-refractivity contribution is -0.391. The summed E-state index contributed by atoms with van der Waals surface area (Å²) in [6.45, 7) is 1.19. The number of alkyl halides is 15. The summed E-state index contributed by atoms with van der Waals surface area (Å²) in [5.41, 5.74) is 0. The topological polar surface area (TPSA) is 0 Å². The molecule has 0 N–H and O–H groups in total. The fourth-order valence-corrected chi connectivity index (χ4v) is 4.34. The third-order valence-corrected chi connectivity index (χ3v) is 5.25. The van der Waals surface area contributed by atoms with E-state index in [1.165, 1.54) is 6.92 Å². The van der Waals surface area contributed by atoms with Crippen LogP contribution in [0.25, 0.3) is 0 Å². The van der Waals surface area contributed by atoms with Gasteiger partial charge in [0.15, 0.2) is 0 Å². The Bertz CT molecular complexity index is 521. The van der Waals surface area contributed by atoms with Crippen LogP contribution in [-0.4, -0.2) is 30.9 Å². The molecule has 0 amide bonds. The highest BCUT2D eigenvalue weighted by atomic mass is 19.4. The van der Waals surface area contributed by atoms with Gasteiger partial charge in [-0.05, 0) is 12.3 Å². The molecule has 4 atom stereocenters. The molecule has 1 rings (SSSR count). The number of hydrogen-bond donors (Lipinski definition) is 0. The average molecular weight is 480 g/mol. The van der Waals surface area contributed by atoms with Gasteiger partial charge in [0.25, 0.3) is 0 Å². The summed E-state index contributed by atoms with van der Waals surface area (Å²) in [6, 6.07) is 0. The van der Waals surface area contributed by atoms with Crippen molar-refractivity contribution in [3.8, 4) is 0 Å². The Labute approximate surface area is 159 Å². The summed E-state index contributed by atoms with van der Waals surface area (Å²) in [4.78, 5) is 0. The van der Waals surface area contributed by atoms with Gasteiger partial charge in [-0.3, -0.25) is 0 Å². The maximum atomic E-state index is 13.4. The molecule has 1 aliphatic carbocycles. The molecule has 0 radical (unpaired) electrons. The van der Waals surface area contributed by atoms with Gasteiger partial charge in [-0.15, -0.1) is 0 Å². The molecule has 0 aromatic rings. The standard InChI is InChI=1S/C15H15F15/c1-2-3-4-5-6(11(16,17)18)8(13(22,23)24)10(15(28,29)30)9(14(25,26)27)7(5)12(19,20)21/h5-10H,2-4H2,1H3. The van der Waals surface area contributed by atoms with Crippen LogP contribution in [0.5, 0.6) is 0 Å². The van der Waals surface area contributed by atoms with Crippen molar-refractivity contribution in [2.24, 2.45) is 35.5 Å². The van der Waals surface area contributed by atoms with E-state index in [0.29, 0.717) is 0 Å². The highest BCUT2D eigenvalue weighted by molar-refractivity contribution is 5.06. The normalized spacial score (nSPS) is 32.4. The quantitative estimate of drug-likeness (QED) is 0.363. The molecule has 4 unspecified atom stereocenters. The monoisotopic (exact) mass is 480 g/mol. The molecule has 0 spiro atoms. The first-order valence-electron chi connectivity index (χ1n) is 8.39. The van der Waals surface area contributed by atoms with Crippen LogP contribution in [0.1, 0.15) is 26.2 Å². The van der Waals surface area contributed by atoms with Crippen LogP contribution >= 0.6 is 0 Å². The second kappa shape index (κ2) is 8.14. The summed E-state index contributed by atoms with van der Waals surface area (Å²) in [5.74, 6) is -26.4. The van der Waals surface area contributed by atoms with Crippen LogP contribution in [0.15, 0.2) is 0 Å². The zero-order chi connectivity index (χ0) is 24.1. The maximum Gasteiger partial charge on any atom is 0.393 e. The van der Waals surface area contributed by atoms with E-state index in [4.69, 9.17) is 0 Å². The summed E-state index contributed by atoms with van der Waals surface area (Å²) in [5, 5.41) is 0. The van der Waals surface area contributed by atoms with E-state index in [0.717, 1.165) is 0 Å². The minimum atomic E-state index is -6.64. The van der Waals surface area contributed by atoms with E-state index in [1.807, 2.05) is 0 Å². The zero-order valence-corrected chi connectivity index (χ0v) is 14.8. The van der Waals surface area contributed by atoms with E-state index in [2.05, 4.69) is 0 Å². The van der Waals surface area contributed by atoms with Crippen molar-refractivity contribution in [3.63, 3.8) is 0 Å². The molecule has 0 saturated heterocycles. The van der Waals surface area contributed by atoms with Gasteiger partial charge >= 0.3 is 30.9 Å². The van der Waals surface area contributed by atoms with Crippen LogP contribution in [0.4, 0.5) is 65.9 Å². The van der Waals surface area contributed by atoms with Crippen molar-refractivity contribution < 1.29 is 65.9 Å². The molecule has 15 heteroatoms. The van der Waals surface area contributed by atoms with E-state index in [9.17, 15) is 65.9 Å². The highest BCUT2D eigenvalue weighted by Gasteiger charge is 2.78. The summed E-state index contributed by atoms with van der Waals surface area (Å²) in [7, 11) is 0. The molecule has 0 heterocycles. The first-order chi connectivity index (χ1) is 13.1. The number of hydrogen-bond acceptors (Lipinski definition) is 0. The van der Waals surface area contributed by atoms with Crippen LogP contribution < -0.4 is 0 Å². The minimum Gasteiger partial charge on any atom is -0.171 e. The Morgan fingerprint density at radius 1 is 0.433 bits per heavy atom. The van der Waals surface area contributed by atoms with Crippen LogP contribution in [0.2, 0.25) is 0 Å². The SMILES string of the molecule is CCCCC1C(C(F)(F)F)C(C(F)(F)F)C(C(F)(F)F)C(C(F)(F)F)C1C(F)(F)F. The fourth-order valence-electron chi connectivity index (χ4n) is 4.34. The fraction of sp³-hybridized carbons (Fsp3) is 1.00. The molecule has 0 aliphatic heterocycles. The van der Waals surface area contributed by atoms with Crippen molar-refractivity contribution in [1.82, 2.24) is 0 Å². The Kier molecular flexibility index (Phi) is 7.32. The first kappa shape index (κ1) is 27.0. The average Bonchev–Trinajstić information content (AvgIpc) is 2.45. The first-order valence-corrected chi connectivity index (χ1v) is 8.39. The molecular weight excluding hydrogens is 465 g/mol. The van der Waals surface area contributed by atoms with E-state index >= 15 is 0 Å². The summed E-state index contributed by atoms with van der Waals surface area (Å²) >= 11 is 0. The Morgan fingerprint density at radius 3 is 0.867 bits per heavy atom.